The predicted octanol–water partition coefficient (Wildman–Crippen LogP) is 2.82. The quantitative estimate of drug-likeness (QED) is 0.442. The van der Waals surface area contributed by atoms with E-state index < -0.39 is 27.8 Å². The Morgan fingerprint density at radius 1 is 1.09 bits per heavy atom. The SMILES string of the molecule is CC(C)C[C@H](NS(=O)(=O)c1ccccc1-c1ccc(-c2cnc(N)cn2)c(F)c1)C(N)=O.S. The number of carbonyl (C=O) groups excluding carboxylic acids is 1. The summed E-state index contributed by atoms with van der Waals surface area (Å²) in [7, 11) is -4.12. The molecule has 11 heteroatoms. The van der Waals surface area contributed by atoms with E-state index in [-0.39, 0.29) is 47.7 Å². The number of nitrogens with one attached hydrogen (secondary N) is 1. The van der Waals surface area contributed by atoms with Crippen LogP contribution in [-0.4, -0.2) is 30.3 Å². The molecule has 33 heavy (non-hydrogen) atoms. The fourth-order valence-corrected chi connectivity index (χ4v) is 4.70. The van der Waals surface area contributed by atoms with Gasteiger partial charge in [-0.25, -0.2) is 17.8 Å². The topological polar surface area (TPSA) is 141 Å². The molecule has 0 bridgehead atoms. The number of anilines is 1. The summed E-state index contributed by atoms with van der Waals surface area (Å²) >= 11 is 0. The van der Waals surface area contributed by atoms with Crippen molar-refractivity contribution >= 4 is 35.2 Å². The van der Waals surface area contributed by atoms with Crippen molar-refractivity contribution in [2.45, 2.75) is 31.2 Å². The van der Waals surface area contributed by atoms with E-state index in [2.05, 4.69) is 14.7 Å². The second-order valence-electron chi connectivity index (χ2n) is 7.72. The van der Waals surface area contributed by atoms with Crippen LogP contribution in [0.25, 0.3) is 22.4 Å². The van der Waals surface area contributed by atoms with Gasteiger partial charge in [-0.15, -0.1) is 0 Å². The molecular weight excluding hydrogens is 465 g/mol. The largest absolute Gasteiger partial charge is 0.382 e. The lowest BCUT2D eigenvalue weighted by molar-refractivity contribution is -0.119. The monoisotopic (exact) mass is 491 g/mol. The third kappa shape index (κ3) is 6.28. The Bertz CT molecular complexity index is 1240. The molecule has 0 spiro atoms. The van der Waals surface area contributed by atoms with Gasteiger partial charge in [0, 0.05) is 11.1 Å². The molecule has 5 N–H and O–H groups in total. The van der Waals surface area contributed by atoms with Crippen LogP contribution in [0.3, 0.4) is 0 Å². The van der Waals surface area contributed by atoms with Gasteiger partial charge in [0.2, 0.25) is 15.9 Å². The zero-order valence-electron chi connectivity index (χ0n) is 18.1. The molecule has 1 atom stereocenters. The van der Waals surface area contributed by atoms with Gasteiger partial charge in [0.05, 0.1) is 23.0 Å². The molecule has 8 nitrogen and oxygen atoms in total. The summed E-state index contributed by atoms with van der Waals surface area (Å²) in [5.41, 5.74) is 12.0. The van der Waals surface area contributed by atoms with Gasteiger partial charge in [-0.2, -0.15) is 18.2 Å². The van der Waals surface area contributed by atoms with Crippen LogP contribution in [0, 0.1) is 11.7 Å². The van der Waals surface area contributed by atoms with Gasteiger partial charge in [0.1, 0.15) is 17.7 Å². The lowest BCUT2D eigenvalue weighted by atomic mass is 10.0. The van der Waals surface area contributed by atoms with E-state index in [1.54, 1.807) is 24.3 Å². The molecule has 0 aliphatic carbocycles. The number of nitrogens with zero attached hydrogens (tertiary/aromatic N) is 2. The van der Waals surface area contributed by atoms with Crippen LogP contribution in [0.2, 0.25) is 0 Å². The van der Waals surface area contributed by atoms with Crippen LogP contribution >= 0.6 is 13.5 Å². The maximum Gasteiger partial charge on any atom is 0.241 e. The summed E-state index contributed by atoms with van der Waals surface area (Å²) in [6, 6.07) is 9.39. The average Bonchev–Trinajstić information content (AvgIpc) is 2.73. The summed E-state index contributed by atoms with van der Waals surface area (Å²) < 4.78 is 43.4. The first kappa shape index (κ1) is 26.2. The molecule has 1 aromatic heterocycles. The van der Waals surface area contributed by atoms with Crippen LogP contribution in [-0.2, 0) is 14.8 Å². The van der Waals surface area contributed by atoms with Crippen LogP contribution in [0.1, 0.15) is 20.3 Å². The minimum atomic E-state index is -4.12. The number of benzene rings is 2. The molecule has 0 unspecified atom stereocenters. The number of sulfonamides is 1. The number of primary amides is 1. The van der Waals surface area contributed by atoms with Gasteiger partial charge in [-0.3, -0.25) is 9.78 Å². The molecule has 0 fully saturated rings. The van der Waals surface area contributed by atoms with Crippen LogP contribution in [0.4, 0.5) is 10.2 Å². The van der Waals surface area contributed by atoms with Crippen molar-refractivity contribution < 1.29 is 17.6 Å². The van der Waals surface area contributed by atoms with Crippen LogP contribution < -0.4 is 16.2 Å². The Hall–Kier alpha value is -3.02. The Kier molecular flexibility index (Phi) is 8.53. The number of hydrogen-bond donors (Lipinski definition) is 3. The van der Waals surface area contributed by atoms with Crippen molar-refractivity contribution in [1.29, 1.82) is 0 Å². The average molecular weight is 492 g/mol. The van der Waals surface area contributed by atoms with Crippen molar-refractivity contribution in [3.63, 3.8) is 0 Å². The fraction of sp³-hybridized carbons (Fsp3) is 0.227. The van der Waals surface area contributed by atoms with Crippen LogP contribution in [0.15, 0.2) is 59.8 Å². The van der Waals surface area contributed by atoms with Gasteiger partial charge < -0.3 is 11.5 Å². The normalized spacial score (nSPS) is 12.2. The molecule has 2 aromatic carbocycles. The molecule has 3 rings (SSSR count). The molecular formula is C22H26FN5O3S2. The summed E-state index contributed by atoms with van der Waals surface area (Å²) in [4.78, 5) is 19.6. The molecule has 0 saturated heterocycles. The summed E-state index contributed by atoms with van der Waals surface area (Å²) in [5, 5.41) is 0. The molecule has 0 radical (unpaired) electrons. The third-order valence-corrected chi connectivity index (χ3v) is 6.28. The molecule has 1 heterocycles. The number of nitrogens with two attached hydrogens (primary N) is 2. The zero-order valence-corrected chi connectivity index (χ0v) is 19.9. The van der Waals surface area contributed by atoms with E-state index in [0.29, 0.717) is 11.3 Å². The number of amides is 1. The first-order valence-corrected chi connectivity index (χ1v) is 11.4. The van der Waals surface area contributed by atoms with Gasteiger partial charge in [0.25, 0.3) is 0 Å². The number of aromatic nitrogens is 2. The predicted molar refractivity (Wildman–Crippen MR) is 130 cm³/mol. The van der Waals surface area contributed by atoms with Gasteiger partial charge in [-0.05, 0) is 36.1 Å². The van der Waals surface area contributed by atoms with E-state index in [1.807, 2.05) is 13.8 Å². The molecule has 176 valence electrons. The number of hydrogen-bond acceptors (Lipinski definition) is 6. The molecule has 0 saturated carbocycles. The van der Waals surface area contributed by atoms with Crippen molar-refractivity contribution in [1.82, 2.24) is 14.7 Å². The highest BCUT2D eigenvalue weighted by molar-refractivity contribution is 7.89. The zero-order chi connectivity index (χ0) is 23.5. The smallest absolute Gasteiger partial charge is 0.241 e. The second-order valence-corrected chi connectivity index (χ2v) is 9.41. The first-order valence-electron chi connectivity index (χ1n) is 9.87. The highest BCUT2D eigenvalue weighted by Gasteiger charge is 2.27. The van der Waals surface area contributed by atoms with Gasteiger partial charge >= 0.3 is 0 Å². The Morgan fingerprint density at radius 2 is 1.79 bits per heavy atom. The molecule has 0 aliphatic heterocycles. The summed E-state index contributed by atoms with van der Waals surface area (Å²) in [6.45, 7) is 3.71. The Morgan fingerprint density at radius 3 is 2.36 bits per heavy atom. The van der Waals surface area contributed by atoms with E-state index in [4.69, 9.17) is 11.5 Å². The first-order chi connectivity index (χ1) is 15.1. The molecule has 1 amide bonds. The van der Waals surface area contributed by atoms with E-state index in [9.17, 15) is 17.6 Å². The Balaban J connectivity index is 0.00000385. The highest BCUT2D eigenvalue weighted by atomic mass is 32.2. The number of halogens is 1. The lowest BCUT2D eigenvalue weighted by Crippen LogP contribution is -2.45. The maximum atomic E-state index is 14.9. The summed E-state index contributed by atoms with van der Waals surface area (Å²) in [5.74, 6) is -1.11. The fourth-order valence-electron chi connectivity index (χ4n) is 3.25. The summed E-state index contributed by atoms with van der Waals surface area (Å²) in [6.07, 6.45) is 2.93. The van der Waals surface area contributed by atoms with E-state index in [0.717, 1.165) is 0 Å². The van der Waals surface area contributed by atoms with Gasteiger partial charge in [0.15, 0.2) is 0 Å². The van der Waals surface area contributed by atoms with Crippen molar-refractivity contribution in [3.8, 4) is 22.4 Å². The standard InChI is InChI=1S/C22H24FN5O3S.H2S/c1-13(2)9-18(22(25)29)28-32(30,31)20-6-4-3-5-15(20)14-7-8-16(17(23)10-14)19-11-27-21(24)12-26-19;/h3-8,10-13,18,28H,9H2,1-2H3,(H2,24,27)(H2,25,29);1H2/t18-;/m0./s1. The van der Waals surface area contributed by atoms with E-state index in [1.165, 1.54) is 30.6 Å². The minimum absolute atomic E-state index is 0. The maximum absolute atomic E-state index is 14.9. The third-order valence-electron chi connectivity index (χ3n) is 4.75. The van der Waals surface area contributed by atoms with Crippen molar-refractivity contribution in [2.75, 3.05) is 5.73 Å². The number of nitrogen functional groups attached to an aromatic ring is 1. The minimum Gasteiger partial charge on any atom is -0.382 e. The van der Waals surface area contributed by atoms with Crippen molar-refractivity contribution in [2.24, 2.45) is 11.7 Å². The van der Waals surface area contributed by atoms with Crippen LogP contribution in [0.5, 0.6) is 0 Å². The van der Waals surface area contributed by atoms with Gasteiger partial charge in [-0.1, -0.05) is 38.1 Å². The lowest BCUT2D eigenvalue weighted by Gasteiger charge is -2.19. The molecule has 3 aromatic rings. The van der Waals surface area contributed by atoms with Crippen molar-refractivity contribution in [3.05, 3.63) is 60.7 Å². The molecule has 0 aliphatic rings. The number of carbonyl (C=O) groups is 1. The highest BCUT2D eigenvalue weighted by Crippen LogP contribution is 2.31. The Labute approximate surface area is 199 Å². The second kappa shape index (κ2) is 10.7. The van der Waals surface area contributed by atoms with E-state index >= 15 is 0 Å². The number of rotatable bonds is 8.